The van der Waals surface area contributed by atoms with Crippen LogP contribution in [0.25, 0.3) is 0 Å². The first-order valence-corrected chi connectivity index (χ1v) is 7.63. The molecule has 0 atom stereocenters. The SMILES string of the molecule is CCCCCOc1ccc(Cl)cc1CNCC(C)C. The minimum absolute atomic E-state index is 0.646. The molecule has 0 aliphatic carbocycles. The molecule has 0 amide bonds. The van der Waals surface area contributed by atoms with Crippen molar-refractivity contribution in [1.29, 1.82) is 0 Å². The van der Waals surface area contributed by atoms with Crippen molar-refractivity contribution in [2.45, 2.75) is 46.6 Å². The lowest BCUT2D eigenvalue weighted by molar-refractivity contribution is 0.302. The lowest BCUT2D eigenvalue weighted by Crippen LogP contribution is -2.19. The first-order valence-electron chi connectivity index (χ1n) is 7.25. The molecule has 0 fully saturated rings. The zero-order valence-corrected chi connectivity index (χ0v) is 13.1. The summed E-state index contributed by atoms with van der Waals surface area (Å²) in [4.78, 5) is 0. The van der Waals surface area contributed by atoms with E-state index in [2.05, 4.69) is 26.1 Å². The highest BCUT2D eigenvalue weighted by atomic mass is 35.5. The maximum absolute atomic E-state index is 6.06. The van der Waals surface area contributed by atoms with E-state index in [9.17, 15) is 0 Å². The molecule has 0 saturated carbocycles. The fraction of sp³-hybridized carbons (Fsp3) is 0.625. The molecule has 0 spiro atoms. The molecule has 108 valence electrons. The molecular formula is C16H26ClNO. The Hall–Kier alpha value is -0.730. The Kier molecular flexibility index (Phi) is 7.92. The molecule has 0 bridgehead atoms. The maximum atomic E-state index is 6.06. The van der Waals surface area contributed by atoms with Gasteiger partial charge < -0.3 is 10.1 Å². The summed E-state index contributed by atoms with van der Waals surface area (Å²) in [6.07, 6.45) is 3.54. The summed E-state index contributed by atoms with van der Waals surface area (Å²) in [6, 6.07) is 5.85. The third-order valence-corrected chi connectivity index (χ3v) is 3.13. The highest BCUT2D eigenvalue weighted by molar-refractivity contribution is 6.30. The quantitative estimate of drug-likeness (QED) is 0.666. The van der Waals surface area contributed by atoms with Crippen LogP contribution in [0.4, 0.5) is 0 Å². The summed E-state index contributed by atoms with van der Waals surface area (Å²) in [5.74, 6) is 1.60. The van der Waals surface area contributed by atoms with E-state index in [1.54, 1.807) is 0 Å². The van der Waals surface area contributed by atoms with Gasteiger partial charge in [0.15, 0.2) is 0 Å². The number of nitrogens with one attached hydrogen (secondary N) is 1. The zero-order valence-electron chi connectivity index (χ0n) is 12.3. The van der Waals surface area contributed by atoms with Gasteiger partial charge >= 0.3 is 0 Å². The molecule has 0 radical (unpaired) electrons. The second-order valence-electron chi connectivity index (χ2n) is 5.33. The van der Waals surface area contributed by atoms with Crippen molar-refractivity contribution >= 4 is 11.6 Å². The van der Waals surface area contributed by atoms with Gasteiger partial charge in [0, 0.05) is 17.1 Å². The fourth-order valence-corrected chi connectivity index (χ4v) is 2.05. The summed E-state index contributed by atoms with van der Waals surface area (Å²) in [7, 11) is 0. The van der Waals surface area contributed by atoms with E-state index in [0.29, 0.717) is 5.92 Å². The van der Waals surface area contributed by atoms with Crippen LogP contribution >= 0.6 is 11.6 Å². The number of unbranched alkanes of at least 4 members (excludes halogenated alkanes) is 2. The summed E-state index contributed by atoms with van der Waals surface area (Å²) in [5.41, 5.74) is 1.14. The van der Waals surface area contributed by atoms with Crippen molar-refractivity contribution in [3.05, 3.63) is 28.8 Å². The molecule has 1 aromatic carbocycles. The van der Waals surface area contributed by atoms with Crippen LogP contribution in [0.5, 0.6) is 5.75 Å². The van der Waals surface area contributed by atoms with Crippen molar-refractivity contribution in [1.82, 2.24) is 5.32 Å². The topological polar surface area (TPSA) is 21.3 Å². The molecule has 2 nitrogen and oxygen atoms in total. The summed E-state index contributed by atoms with van der Waals surface area (Å²) in [6.45, 7) is 9.19. The third kappa shape index (κ3) is 6.84. The van der Waals surface area contributed by atoms with E-state index in [0.717, 1.165) is 42.5 Å². The van der Waals surface area contributed by atoms with Crippen LogP contribution in [0.3, 0.4) is 0 Å². The zero-order chi connectivity index (χ0) is 14.1. The van der Waals surface area contributed by atoms with Gasteiger partial charge in [0.25, 0.3) is 0 Å². The van der Waals surface area contributed by atoms with Gasteiger partial charge in [-0.2, -0.15) is 0 Å². The Bertz CT molecular complexity index is 366. The van der Waals surface area contributed by atoms with E-state index < -0.39 is 0 Å². The predicted molar refractivity (Wildman–Crippen MR) is 83.0 cm³/mol. The lowest BCUT2D eigenvalue weighted by atomic mass is 10.1. The van der Waals surface area contributed by atoms with Gasteiger partial charge in [0.2, 0.25) is 0 Å². The number of hydrogen-bond acceptors (Lipinski definition) is 2. The molecule has 19 heavy (non-hydrogen) atoms. The van der Waals surface area contributed by atoms with Crippen molar-refractivity contribution in [2.75, 3.05) is 13.2 Å². The van der Waals surface area contributed by atoms with Gasteiger partial charge in [0.1, 0.15) is 5.75 Å². The van der Waals surface area contributed by atoms with Crippen LogP contribution < -0.4 is 10.1 Å². The van der Waals surface area contributed by atoms with E-state index in [1.165, 1.54) is 12.8 Å². The normalized spacial score (nSPS) is 11.0. The Morgan fingerprint density at radius 3 is 2.74 bits per heavy atom. The van der Waals surface area contributed by atoms with Gasteiger partial charge in [-0.05, 0) is 37.1 Å². The van der Waals surface area contributed by atoms with Crippen LogP contribution in [0.1, 0.15) is 45.6 Å². The van der Waals surface area contributed by atoms with Gasteiger partial charge in [-0.25, -0.2) is 0 Å². The highest BCUT2D eigenvalue weighted by Crippen LogP contribution is 2.23. The first kappa shape index (κ1) is 16.3. The summed E-state index contributed by atoms with van der Waals surface area (Å²) < 4.78 is 5.85. The lowest BCUT2D eigenvalue weighted by Gasteiger charge is -2.13. The third-order valence-electron chi connectivity index (χ3n) is 2.90. The minimum atomic E-state index is 0.646. The fourth-order valence-electron chi connectivity index (χ4n) is 1.86. The van der Waals surface area contributed by atoms with Crippen LogP contribution in [-0.2, 0) is 6.54 Å². The molecule has 0 unspecified atom stereocenters. The number of hydrogen-bond donors (Lipinski definition) is 1. The highest BCUT2D eigenvalue weighted by Gasteiger charge is 2.05. The number of halogens is 1. The Balaban J connectivity index is 2.53. The monoisotopic (exact) mass is 283 g/mol. The average molecular weight is 284 g/mol. The summed E-state index contributed by atoms with van der Waals surface area (Å²) in [5, 5.41) is 4.20. The molecule has 0 aliphatic heterocycles. The van der Waals surface area contributed by atoms with Crippen molar-refractivity contribution < 1.29 is 4.74 Å². The van der Waals surface area contributed by atoms with E-state index in [4.69, 9.17) is 16.3 Å². The molecule has 1 aromatic rings. The summed E-state index contributed by atoms with van der Waals surface area (Å²) >= 11 is 6.06. The Labute approximate surface area is 122 Å². The molecular weight excluding hydrogens is 258 g/mol. The number of rotatable bonds is 9. The van der Waals surface area contributed by atoms with Crippen molar-refractivity contribution in [3.8, 4) is 5.75 Å². The van der Waals surface area contributed by atoms with Crippen LogP contribution in [0, 0.1) is 5.92 Å². The minimum Gasteiger partial charge on any atom is -0.493 e. The molecule has 1 N–H and O–H groups in total. The predicted octanol–water partition coefficient (Wildman–Crippen LogP) is 4.65. The van der Waals surface area contributed by atoms with Crippen LogP contribution in [0.15, 0.2) is 18.2 Å². The largest absolute Gasteiger partial charge is 0.493 e. The van der Waals surface area contributed by atoms with Gasteiger partial charge in [-0.3, -0.25) is 0 Å². The molecule has 1 rings (SSSR count). The average Bonchev–Trinajstić information content (AvgIpc) is 2.36. The van der Waals surface area contributed by atoms with E-state index in [1.807, 2.05) is 18.2 Å². The second-order valence-corrected chi connectivity index (χ2v) is 5.77. The molecule has 0 aromatic heterocycles. The number of ether oxygens (including phenoxy) is 1. The van der Waals surface area contributed by atoms with Crippen molar-refractivity contribution in [3.63, 3.8) is 0 Å². The Morgan fingerprint density at radius 2 is 2.05 bits per heavy atom. The number of benzene rings is 1. The van der Waals surface area contributed by atoms with Gasteiger partial charge in [-0.15, -0.1) is 0 Å². The Morgan fingerprint density at radius 1 is 1.26 bits per heavy atom. The molecule has 3 heteroatoms. The van der Waals surface area contributed by atoms with Gasteiger partial charge in [-0.1, -0.05) is 45.2 Å². The van der Waals surface area contributed by atoms with E-state index >= 15 is 0 Å². The van der Waals surface area contributed by atoms with E-state index in [-0.39, 0.29) is 0 Å². The molecule has 0 saturated heterocycles. The molecule has 0 heterocycles. The smallest absolute Gasteiger partial charge is 0.123 e. The molecule has 0 aliphatic rings. The van der Waals surface area contributed by atoms with Crippen LogP contribution in [-0.4, -0.2) is 13.2 Å². The maximum Gasteiger partial charge on any atom is 0.123 e. The first-order chi connectivity index (χ1) is 9.13. The van der Waals surface area contributed by atoms with Crippen LogP contribution in [0.2, 0.25) is 5.02 Å². The van der Waals surface area contributed by atoms with Crippen molar-refractivity contribution in [2.24, 2.45) is 5.92 Å². The standard InChI is InChI=1S/C16H26ClNO/c1-4-5-6-9-19-16-8-7-15(17)10-14(16)12-18-11-13(2)3/h7-8,10,13,18H,4-6,9,11-12H2,1-3H3. The second kappa shape index (κ2) is 9.22. The van der Waals surface area contributed by atoms with Gasteiger partial charge in [0.05, 0.1) is 6.61 Å².